The van der Waals surface area contributed by atoms with E-state index in [-0.39, 0.29) is 35.4 Å². The summed E-state index contributed by atoms with van der Waals surface area (Å²) in [5.41, 5.74) is 0.249. The van der Waals surface area contributed by atoms with E-state index in [9.17, 15) is 22.8 Å². The molecule has 2 fully saturated rings. The zero-order valence-electron chi connectivity index (χ0n) is 16.8. The lowest BCUT2D eigenvalue weighted by atomic mass is 9.97. The van der Waals surface area contributed by atoms with E-state index >= 15 is 0 Å². The second-order valence-corrected chi connectivity index (χ2v) is 7.99. The summed E-state index contributed by atoms with van der Waals surface area (Å²) in [6.45, 7) is 1.78. The number of aryl methyl sites for hydroxylation is 1. The minimum absolute atomic E-state index is 0.0843. The van der Waals surface area contributed by atoms with E-state index in [1.807, 2.05) is 0 Å². The molecule has 2 saturated heterocycles. The number of halogens is 3. The highest BCUT2D eigenvalue weighted by atomic mass is 19.4. The monoisotopic (exact) mass is 433 g/mol. The van der Waals surface area contributed by atoms with E-state index in [0.29, 0.717) is 12.8 Å². The van der Waals surface area contributed by atoms with E-state index in [1.54, 1.807) is 11.8 Å². The Kier molecular flexibility index (Phi) is 5.55. The quantitative estimate of drug-likeness (QED) is 0.772. The third-order valence-electron chi connectivity index (χ3n) is 5.76. The number of fused-ring (bicyclic) bond motifs is 2. The highest BCUT2D eigenvalue weighted by Gasteiger charge is 2.44. The molecule has 10 heteroatoms. The van der Waals surface area contributed by atoms with Crippen LogP contribution in [0.5, 0.6) is 0 Å². The van der Waals surface area contributed by atoms with Crippen molar-refractivity contribution < 1.29 is 22.8 Å². The topological polar surface area (TPSA) is 87.2 Å². The van der Waals surface area contributed by atoms with E-state index < -0.39 is 17.8 Å². The second-order valence-electron chi connectivity index (χ2n) is 7.99. The van der Waals surface area contributed by atoms with Gasteiger partial charge in [-0.15, -0.1) is 0 Å². The number of rotatable bonds is 3. The Hall–Kier alpha value is -3.17. The smallest absolute Gasteiger partial charge is 0.348 e. The molecule has 2 aliphatic heterocycles. The van der Waals surface area contributed by atoms with Gasteiger partial charge in [0, 0.05) is 30.0 Å². The molecule has 0 radical (unpaired) electrons. The number of nitrogens with one attached hydrogen (secondary N) is 2. The van der Waals surface area contributed by atoms with Crippen molar-refractivity contribution >= 4 is 17.6 Å². The van der Waals surface area contributed by atoms with Gasteiger partial charge >= 0.3 is 12.2 Å². The summed E-state index contributed by atoms with van der Waals surface area (Å²) in [7, 11) is 0. The van der Waals surface area contributed by atoms with Gasteiger partial charge in [-0.05, 0) is 50.8 Å². The van der Waals surface area contributed by atoms with Gasteiger partial charge in [0.2, 0.25) is 0 Å². The van der Waals surface area contributed by atoms with E-state index in [2.05, 4.69) is 20.6 Å². The maximum atomic E-state index is 12.9. The molecular formula is C21H22F3N5O2. The van der Waals surface area contributed by atoms with Crippen LogP contribution in [0.25, 0.3) is 0 Å². The summed E-state index contributed by atoms with van der Waals surface area (Å²) < 4.78 is 38.8. The molecule has 1 aromatic carbocycles. The minimum atomic E-state index is -4.47. The predicted molar refractivity (Wildman–Crippen MR) is 106 cm³/mol. The lowest BCUT2D eigenvalue weighted by Crippen LogP contribution is -2.53. The Labute approximate surface area is 177 Å². The van der Waals surface area contributed by atoms with Crippen molar-refractivity contribution in [3.05, 3.63) is 53.6 Å². The average Bonchev–Trinajstić information content (AvgIpc) is 2.99. The van der Waals surface area contributed by atoms with E-state index in [1.165, 1.54) is 24.5 Å². The molecule has 1 aromatic heterocycles. The molecule has 3 atom stereocenters. The zero-order chi connectivity index (χ0) is 22.2. The predicted octanol–water partition coefficient (Wildman–Crippen LogP) is 3.76. The largest absolute Gasteiger partial charge is 0.416 e. The highest BCUT2D eigenvalue weighted by molar-refractivity contribution is 5.92. The third kappa shape index (κ3) is 4.62. The Bertz CT molecular complexity index is 966. The fraction of sp³-hybridized carbons (Fsp3) is 0.429. The lowest BCUT2D eigenvalue weighted by Gasteiger charge is -2.39. The summed E-state index contributed by atoms with van der Waals surface area (Å²) in [6.07, 6.45) is 1.22. The van der Waals surface area contributed by atoms with E-state index in [4.69, 9.17) is 0 Å². The Morgan fingerprint density at radius 1 is 1.10 bits per heavy atom. The number of hydrogen-bond acceptors (Lipinski definition) is 4. The Morgan fingerprint density at radius 2 is 1.81 bits per heavy atom. The molecule has 0 aliphatic carbocycles. The molecule has 0 saturated carbocycles. The van der Waals surface area contributed by atoms with Crippen molar-refractivity contribution in [1.29, 1.82) is 0 Å². The molecule has 1 unspecified atom stereocenters. The van der Waals surface area contributed by atoms with Crippen molar-refractivity contribution in [2.24, 2.45) is 0 Å². The number of anilines is 1. The van der Waals surface area contributed by atoms with Gasteiger partial charge in [0.05, 0.1) is 17.5 Å². The first-order valence-corrected chi connectivity index (χ1v) is 10.1. The van der Waals surface area contributed by atoms with Crippen molar-refractivity contribution in [1.82, 2.24) is 20.2 Å². The summed E-state index contributed by atoms with van der Waals surface area (Å²) in [4.78, 5) is 35.1. The highest BCUT2D eigenvalue weighted by Crippen LogP contribution is 2.37. The molecule has 0 spiro atoms. The SMILES string of the molecule is Cc1cnc(C(=O)NC2C[C@H]3CC[C@@H](C2)N3C(=O)Nc2cccc(C(F)(F)F)c2)cn1. The van der Waals surface area contributed by atoms with Gasteiger partial charge in [0.15, 0.2) is 0 Å². The Morgan fingerprint density at radius 3 is 2.42 bits per heavy atom. The standard InChI is InChI=1S/C21H22F3N5O2/c1-12-10-26-18(11-25-12)19(30)27-15-8-16-5-6-17(9-15)29(16)20(31)28-14-4-2-3-13(7-14)21(22,23)24/h2-4,7,10-11,15-17H,5-6,8-9H2,1H3,(H,27,30)(H,28,31)/t15?,16-,17+. The van der Waals surface area contributed by atoms with E-state index in [0.717, 1.165) is 30.7 Å². The van der Waals surface area contributed by atoms with Crippen LogP contribution in [0.3, 0.4) is 0 Å². The minimum Gasteiger partial charge on any atom is -0.348 e. The van der Waals surface area contributed by atoms with Crippen molar-refractivity contribution in [3.63, 3.8) is 0 Å². The summed E-state index contributed by atoms with van der Waals surface area (Å²) in [5.74, 6) is -0.307. The van der Waals surface area contributed by atoms with Gasteiger partial charge < -0.3 is 15.5 Å². The normalized spacial score (nSPS) is 22.8. The molecule has 164 valence electrons. The summed E-state index contributed by atoms with van der Waals surface area (Å²) in [6, 6.07) is 3.90. The first kappa shape index (κ1) is 21.1. The molecule has 4 rings (SSSR count). The van der Waals surface area contributed by atoms with Gasteiger partial charge in [0.25, 0.3) is 5.91 Å². The van der Waals surface area contributed by atoms with Crippen LogP contribution in [-0.2, 0) is 6.18 Å². The maximum Gasteiger partial charge on any atom is 0.416 e. The van der Waals surface area contributed by atoms with Crippen LogP contribution >= 0.6 is 0 Å². The number of benzene rings is 1. The number of urea groups is 1. The third-order valence-corrected chi connectivity index (χ3v) is 5.76. The van der Waals surface area contributed by atoms with Gasteiger partial charge in [0.1, 0.15) is 5.69 Å². The van der Waals surface area contributed by atoms with Gasteiger partial charge in [-0.25, -0.2) is 9.78 Å². The van der Waals surface area contributed by atoms with Crippen molar-refractivity contribution in [2.45, 2.75) is 56.9 Å². The summed E-state index contributed by atoms with van der Waals surface area (Å²) >= 11 is 0. The van der Waals surface area contributed by atoms with Crippen LogP contribution in [-0.4, -0.2) is 44.9 Å². The second kappa shape index (κ2) is 8.16. The lowest BCUT2D eigenvalue weighted by molar-refractivity contribution is -0.137. The molecule has 3 heterocycles. The number of carbonyl (C=O) groups is 2. The fourth-order valence-electron chi connectivity index (χ4n) is 4.36. The molecule has 2 N–H and O–H groups in total. The van der Waals surface area contributed by atoms with Crippen LogP contribution in [0.4, 0.5) is 23.7 Å². The zero-order valence-corrected chi connectivity index (χ0v) is 16.8. The number of amides is 3. The fourth-order valence-corrected chi connectivity index (χ4v) is 4.36. The molecule has 3 amide bonds. The van der Waals surface area contributed by atoms with Crippen LogP contribution in [0.15, 0.2) is 36.7 Å². The number of carbonyl (C=O) groups excluding carboxylic acids is 2. The number of aromatic nitrogens is 2. The number of hydrogen-bond donors (Lipinski definition) is 2. The molecule has 31 heavy (non-hydrogen) atoms. The molecule has 7 nitrogen and oxygen atoms in total. The van der Waals surface area contributed by atoms with Crippen LogP contribution in [0, 0.1) is 6.92 Å². The molecule has 2 bridgehead atoms. The van der Waals surface area contributed by atoms with Crippen LogP contribution in [0.1, 0.15) is 47.4 Å². The van der Waals surface area contributed by atoms with Gasteiger partial charge in [-0.1, -0.05) is 6.07 Å². The molecule has 2 aliphatic rings. The van der Waals surface area contributed by atoms with Gasteiger partial charge in [-0.2, -0.15) is 13.2 Å². The number of piperidine rings is 1. The van der Waals surface area contributed by atoms with Crippen molar-refractivity contribution in [2.75, 3.05) is 5.32 Å². The Balaban J connectivity index is 1.38. The molecular weight excluding hydrogens is 411 g/mol. The van der Waals surface area contributed by atoms with Gasteiger partial charge in [-0.3, -0.25) is 9.78 Å². The maximum absolute atomic E-state index is 12.9. The van der Waals surface area contributed by atoms with Crippen LogP contribution < -0.4 is 10.6 Å². The van der Waals surface area contributed by atoms with Crippen LogP contribution in [0.2, 0.25) is 0 Å². The summed E-state index contributed by atoms with van der Waals surface area (Å²) in [5, 5.41) is 5.56. The first-order chi connectivity index (χ1) is 14.7. The first-order valence-electron chi connectivity index (χ1n) is 10.1. The van der Waals surface area contributed by atoms with Crippen molar-refractivity contribution in [3.8, 4) is 0 Å². The number of alkyl halides is 3. The number of nitrogens with zero attached hydrogens (tertiary/aromatic N) is 3. The average molecular weight is 433 g/mol. The molecule has 2 aromatic rings.